The van der Waals surface area contributed by atoms with Crippen molar-refractivity contribution in [1.29, 1.82) is 0 Å². The molecule has 6 rings (SSSR count). The normalized spacial score (nSPS) is 19.9. The third-order valence-electron chi connectivity index (χ3n) is 5.88. The van der Waals surface area contributed by atoms with Crippen molar-refractivity contribution in [3.05, 3.63) is 61.2 Å². The predicted octanol–water partition coefficient (Wildman–Crippen LogP) is 2.59. The van der Waals surface area contributed by atoms with Crippen molar-refractivity contribution >= 4 is 37.3 Å². The van der Waals surface area contributed by atoms with Crippen LogP contribution in [0.1, 0.15) is 0 Å². The van der Waals surface area contributed by atoms with Crippen LogP contribution >= 0.6 is 0 Å². The second-order valence-electron chi connectivity index (χ2n) is 7.66. The fourth-order valence-corrected chi connectivity index (χ4v) is 6.75. The van der Waals surface area contributed by atoms with E-state index in [1.165, 1.54) is 23.7 Å². The van der Waals surface area contributed by atoms with Gasteiger partial charge in [0.2, 0.25) is 0 Å². The van der Waals surface area contributed by atoms with Gasteiger partial charge >= 0.3 is 10.2 Å². The molecular formula is C21H18N6O4S2. The van der Waals surface area contributed by atoms with Gasteiger partial charge in [-0.05, 0) is 42.3 Å². The van der Waals surface area contributed by atoms with Crippen molar-refractivity contribution in [2.24, 2.45) is 0 Å². The molecule has 2 aliphatic heterocycles. The van der Waals surface area contributed by atoms with Gasteiger partial charge in [0.15, 0.2) is 11.6 Å². The monoisotopic (exact) mass is 482 g/mol. The Hall–Kier alpha value is -3.77. The van der Waals surface area contributed by atoms with E-state index in [-0.39, 0.29) is 0 Å². The number of fused-ring (bicyclic) bond motifs is 6. The summed E-state index contributed by atoms with van der Waals surface area (Å²) in [6, 6.07) is 10.6. The molecule has 2 aromatic heterocycles. The fraction of sp³-hybridized carbons (Fsp3) is 0.0952. The average Bonchev–Trinajstić information content (AvgIpc) is 3.47. The SMILES string of the molecule is C=S1(=O)N(C)c2ccc(Oc3ccc4c(c3)-c3nccn3S(=O)(=O)N4C)cc2-c2nccn21. The zero-order valence-corrected chi connectivity index (χ0v) is 19.2. The molecule has 168 valence electrons. The van der Waals surface area contributed by atoms with Crippen molar-refractivity contribution < 1.29 is 17.4 Å². The van der Waals surface area contributed by atoms with Crippen LogP contribution in [0.3, 0.4) is 0 Å². The zero-order chi connectivity index (χ0) is 23.1. The van der Waals surface area contributed by atoms with Crippen LogP contribution in [0.5, 0.6) is 11.5 Å². The highest BCUT2D eigenvalue weighted by Crippen LogP contribution is 2.42. The number of benzene rings is 2. The molecule has 0 spiro atoms. The maximum atomic E-state index is 13.1. The topological polar surface area (TPSA) is 103 Å². The largest absolute Gasteiger partial charge is 0.457 e. The third-order valence-corrected chi connectivity index (χ3v) is 9.52. The molecule has 0 aliphatic carbocycles. The van der Waals surface area contributed by atoms with Crippen LogP contribution in [0.4, 0.5) is 11.4 Å². The van der Waals surface area contributed by atoms with E-state index < -0.39 is 20.1 Å². The Kier molecular flexibility index (Phi) is 3.85. The zero-order valence-electron chi connectivity index (χ0n) is 17.6. The molecule has 0 amide bonds. The number of anilines is 2. The lowest BCUT2D eigenvalue weighted by Gasteiger charge is -2.32. The number of hydrogen-bond acceptors (Lipinski definition) is 6. The Morgan fingerprint density at radius 1 is 0.788 bits per heavy atom. The summed E-state index contributed by atoms with van der Waals surface area (Å²) >= 11 is 0. The first-order chi connectivity index (χ1) is 15.7. The van der Waals surface area contributed by atoms with E-state index in [0.29, 0.717) is 34.4 Å². The van der Waals surface area contributed by atoms with Gasteiger partial charge in [-0.25, -0.2) is 22.1 Å². The summed E-state index contributed by atoms with van der Waals surface area (Å²) in [5, 5.41) is 0. The van der Waals surface area contributed by atoms with Crippen molar-refractivity contribution in [3.8, 4) is 34.3 Å². The second-order valence-corrected chi connectivity index (χ2v) is 11.7. The maximum absolute atomic E-state index is 13.1. The molecule has 0 saturated heterocycles. The highest BCUT2D eigenvalue weighted by Gasteiger charge is 2.33. The van der Waals surface area contributed by atoms with Crippen molar-refractivity contribution in [2.75, 3.05) is 22.7 Å². The van der Waals surface area contributed by atoms with Gasteiger partial charge in [-0.2, -0.15) is 8.42 Å². The lowest BCUT2D eigenvalue weighted by atomic mass is 10.1. The maximum Gasteiger partial charge on any atom is 0.331 e. The molecule has 2 aromatic carbocycles. The Morgan fingerprint density at radius 2 is 1.30 bits per heavy atom. The summed E-state index contributed by atoms with van der Waals surface area (Å²) in [7, 11) is -3.20. The molecule has 0 bridgehead atoms. The van der Waals surface area contributed by atoms with Crippen LogP contribution in [0.25, 0.3) is 22.8 Å². The number of aromatic nitrogens is 4. The molecule has 4 aromatic rings. The van der Waals surface area contributed by atoms with E-state index in [2.05, 4.69) is 15.8 Å². The number of nitrogens with zero attached hydrogens (tertiary/aromatic N) is 6. The first-order valence-corrected chi connectivity index (χ1v) is 12.9. The van der Waals surface area contributed by atoms with Crippen molar-refractivity contribution in [2.45, 2.75) is 0 Å². The highest BCUT2D eigenvalue weighted by atomic mass is 32.2. The minimum Gasteiger partial charge on any atom is -0.457 e. The molecule has 2 aliphatic rings. The van der Waals surface area contributed by atoms with Gasteiger partial charge in [-0.3, -0.25) is 8.61 Å². The van der Waals surface area contributed by atoms with Gasteiger partial charge in [-0.15, -0.1) is 0 Å². The molecule has 33 heavy (non-hydrogen) atoms. The molecular weight excluding hydrogens is 464 g/mol. The van der Waals surface area contributed by atoms with Crippen LogP contribution in [0, 0.1) is 0 Å². The summed E-state index contributed by atoms with van der Waals surface area (Å²) in [5.74, 6) is 5.82. The molecule has 0 radical (unpaired) electrons. The minimum atomic E-state index is -3.71. The molecule has 1 unspecified atom stereocenters. The molecule has 10 nitrogen and oxygen atoms in total. The van der Waals surface area contributed by atoms with Crippen LogP contribution < -0.4 is 13.3 Å². The van der Waals surface area contributed by atoms with E-state index in [0.717, 1.165) is 15.2 Å². The summed E-state index contributed by atoms with van der Waals surface area (Å²) in [6.07, 6.45) is 6.10. The Labute approximate surface area is 190 Å². The van der Waals surface area contributed by atoms with Gasteiger partial charge < -0.3 is 4.74 Å². The molecule has 0 saturated carbocycles. The molecule has 12 heteroatoms. The third kappa shape index (κ3) is 2.61. The Bertz CT molecular complexity index is 1550. The van der Waals surface area contributed by atoms with E-state index >= 15 is 0 Å². The Balaban J connectivity index is 1.42. The van der Waals surface area contributed by atoms with Crippen LogP contribution in [0.15, 0.2) is 61.2 Å². The predicted molar refractivity (Wildman–Crippen MR) is 127 cm³/mol. The highest BCUT2D eigenvalue weighted by molar-refractivity contribution is 8.00. The van der Waals surface area contributed by atoms with Crippen LogP contribution in [-0.4, -0.2) is 50.5 Å². The summed E-state index contributed by atoms with van der Waals surface area (Å²) in [5.41, 5.74) is 2.66. The van der Waals surface area contributed by atoms with Gasteiger partial charge in [-0.1, -0.05) is 0 Å². The molecule has 4 heterocycles. The lowest BCUT2D eigenvalue weighted by molar-refractivity contribution is 0.483. The van der Waals surface area contributed by atoms with Crippen molar-refractivity contribution in [1.82, 2.24) is 17.9 Å². The van der Waals surface area contributed by atoms with Gasteiger partial charge in [0, 0.05) is 50.0 Å². The first kappa shape index (κ1) is 19.9. The van der Waals surface area contributed by atoms with Gasteiger partial charge in [0.1, 0.15) is 21.4 Å². The molecule has 0 N–H and O–H groups in total. The van der Waals surface area contributed by atoms with E-state index in [1.54, 1.807) is 52.0 Å². The quantitative estimate of drug-likeness (QED) is 0.407. The van der Waals surface area contributed by atoms with Crippen LogP contribution in [-0.2, 0) is 20.1 Å². The van der Waals surface area contributed by atoms with Gasteiger partial charge in [0.25, 0.3) is 0 Å². The van der Waals surface area contributed by atoms with Crippen molar-refractivity contribution in [3.63, 3.8) is 0 Å². The van der Waals surface area contributed by atoms with Gasteiger partial charge in [0.05, 0.1) is 11.4 Å². The standard InChI is InChI=1S/C21H18N6O4S2/c1-24-18-6-4-14(12-16(18)20-22-8-10-26(20)32(24,3)28)31-15-5-7-19-17(13-15)21-23-9-11-27(21)33(29,30)25(19)2/h4-13H,3H2,1-2H3. The van der Waals surface area contributed by atoms with E-state index in [4.69, 9.17) is 4.74 Å². The summed E-state index contributed by atoms with van der Waals surface area (Å²) in [6.45, 7) is 0. The second kappa shape index (κ2) is 6.39. The molecule has 1 atom stereocenters. The summed E-state index contributed by atoms with van der Waals surface area (Å²) in [4.78, 5) is 8.59. The number of rotatable bonds is 2. The van der Waals surface area contributed by atoms with E-state index in [1.807, 2.05) is 12.1 Å². The van der Waals surface area contributed by atoms with Crippen LogP contribution in [0.2, 0.25) is 0 Å². The number of imidazole rings is 2. The average molecular weight is 483 g/mol. The minimum absolute atomic E-state index is 0.327. The fourth-order valence-electron chi connectivity index (χ4n) is 4.12. The number of ether oxygens (including phenoxy) is 1. The summed E-state index contributed by atoms with van der Waals surface area (Å²) < 4.78 is 50.1. The number of hydrogen-bond donors (Lipinski definition) is 0. The lowest BCUT2D eigenvalue weighted by Crippen LogP contribution is -2.35. The first-order valence-electron chi connectivity index (χ1n) is 9.84. The Morgan fingerprint density at radius 3 is 1.91 bits per heavy atom. The van der Waals surface area contributed by atoms with E-state index in [9.17, 15) is 12.6 Å². The smallest absolute Gasteiger partial charge is 0.331 e. The molecule has 0 fully saturated rings.